The number of carbonyl (C=O) groups excluding carboxylic acids is 1. The van der Waals surface area contributed by atoms with E-state index in [2.05, 4.69) is 13.8 Å². The molecule has 2 aliphatic heterocycles. The maximum atomic E-state index is 13.8. The van der Waals surface area contributed by atoms with E-state index in [4.69, 9.17) is 4.74 Å². The third-order valence-electron chi connectivity index (χ3n) is 9.90. The Morgan fingerprint density at radius 3 is 2.62 bits per heavy atom. The zero-order valence-corrected chi connectivity index (χ0v) is 16.3. The van der Waals surface area contributed by atoms with Crippen LogP contribution in [0.2, 0.25) is 0 Å². The predicted molar refractivity (Wildman–Crippen MR) is 96.5 cm³/mol. The molecule has 4 nitrogen and oxygen atoms in total. The lowest BCUT2D eigenvalue weighted by atomic mass is 9.40. The van der Waals surface area contributed by atoms with Gasteiger partial charge in [0.2, 0.25) is 0 Å². The van der Waals surface area contributed by atoms with Gasteiger partial charge >= 0.3 is 5.97 Å². The number of ether oxygens (including phenoxy) is 1. The molecule has 4 aliphatic carbocycles. The van der Waals surface area contributed by atoms with E-state index in [-0.39, 0.29) is 28.8 Å². The van der Waals surface area contributed by atoms with Crippen molar-refractivity contribution in [1.82, 2.24) is 0 Å². The molecule has 26 heavy (non-hydrogen) atoms. The van der Waals surface area contributed by atoms with Gasteiger partial charge in [-0.25, -0.2) is 0 Å². The minimum absolute atomic E-state index is 0.000416. The Balaban J connectivity index is 1.58. The summed E-state index contributed by atoms with van der Waals surface area (Å²) in [6.45, 7) is 6.40. The Labute approximate surface area is 156 Å². The maximum Gasteiger partial charge on any atom is 0.306 e. The molecule has 6 fully saturated rings. The summed E-state index contributed by atoms with van der Waals surface area (Å²) in [5, 5.41) is 9.60. The molecule has 144 valence electrons. The average molecular weight is 360 g/mol. The summed E-state index contributed by atoms with van der Waals surface area (Å²) in [4.78, 5) is 25.5. The second kappa shape index (κ2) is 5.12. The molecule has 4 saturated carbocycles. The standard InChI is InChI=1S/C22H32O4/c1-12(19(24)25)15-6-7-16-17-5-4-13-10-14-8-9-21(13,3)22(17,26-14)18(23)11-20(15,16)2/h12-17H,4-11H2,1-3H3,(H,24,25)/t12?,13-,14-,15?,16?,17?,20-,21+,22+/m1/s1. The molecule has 0 radical (unpaired) electrons. The van der Waals surface area contributed by atoms with Crippen molar-refractivity contribution in [2.24, 2.45) is 40.4 Å². The van der Waals surface area contributed by atoms with E-state index < -0.39 is 11.6 Å². The number of carbonyl (C=O) groups is 2. The molecule has 0 aromatic rings. The summed E-state index contributed by atoms with van der Waals surface area (Å²) >= 11 is 0. The van der Waals surface area contributed by atoms with Crippen LogP contribution in [0.3, 0.4) is 0 Å². The van der Waals surface area contributed by atoms with E-state index >= 15 is 0 Å². The molecule has 0 amide bonds. The van der Waals surface area contributed by atoms with Gasteiger partial charge in [-0.15, -0.1) is 0 Å². The van der Waals surface area contributed by atoms with Crippen LogP contribution in [-0.4, -0.2) is 28.6 Å². The number of carboxylic acid groups (broad SMARTS) is 1. The van der Waals surface area contributed by atoms with Crippen LogP contribution in [0.1, 0.15) is 72.1 Å². The van der Waals surface area contributed by atoms with Gasteiger partial charge in [0, 0.05) is 11.8 Å². The lowest BCUT2D eigenvalue weighted by molar-refractivity contribution is -0.307. The average Bonchev–Trinajstić information content (AvgIpc) is 2.90. The molecule has 4 heteroatoms. The van der Waals surface area contributed by atoms with Crippen LogP contribution in [0.5, 0.6) is 0 Å². The van der Waals surface area contributed by atoms with Crippen molar-refractivity contribution in [3.63, 3.8) is 0 Å². The summed E-state index contributed by atoms with van der Waals surface area (Å²) in [5.41, 5.74) is -0.740. The Morgan fingerprint density at radius 2 is 1.88 bits per heavy atom. The monoisotopic (exact) mass is 360 g/mol. The predicted octanol–water partition coefficient (Wildman–Crippen LogP) is 4.07. The van der Waals surface area contributed by atoms with E-state index in [1.807, 2.05) is 6.92 Å². The number of Topliss-reactive ketones (excluding diaryl/α,β-unsaturated/α-hetero) is 1. The highest BCUT2D eigenvalue weighted by molar-refractivity contribution is 5.91. The smallest absolute Gasteiger partial charge is 0.306 e. The molecular weight excluding hydrogens is 328 g/mol. The highest BCUT2D eigenvalue weighted by atomic mass is 16.5. The fourth-order valence-electron chi connectivity index (χ4n) is 8.65. The number of hydrogen-bond donors (Lipinski definition) is 1. The van der Waals surface area contributed by atoms with E-state index in [0.717, 1.165) is 38.5 Å². The molecule has 9 atom stereocenters. The Morgan fingerprint density at radius 1 is 1.15 bits per heavy atom. The van der Waals surface area contributed by atoms with Crippen LogP contribution in [0.25, 0.3) is 0 Å². The Kier molecular flexibility index (Phi) is 3.39. The number of rotatable bonds is 2. The number of aliphatic carboxylic acids is 1. The van der Waals surface area contributed by atoms with Crippen LogP contribution >= 0.6 is 0 Å². The van der Waals surface area contributed by atoms with Crippen LogP contribution in [0.15, 0.2) is 0 Å². The third-order valence-corrected chi connectivity index (χ3v) is 9.90. The highest BCUT2D eigenvalue weighted by Gasteiger charge is 2.74. The Bertz CT molecular complexity index is 673. The minimum atomic E-state index is -0.715. The highest BCUT2D eigenvalue weighted by Crippen LogP contribution is 2.72. The fourth-order valence-corrected chi connectivity index (χ4v) is 8.65. The number of carboxylic acids is 1. The molecule has 0 aromatic heterocycles. The van der Waals surface area contributed by atoms with E-state index in [9.17, 15) is 14.7 Å². The van der Waals surface area contributed by atoms with E-state index in [1.54, 1.807) is 0 Å². The molecule has 2 heterocycles. The molecule has 2 saturated heterocycles. The van der Waals surface area contributed by atoms with Crippen LogP contribution in [-0.2, 0) is 14.3 Å². The molecule has 1 spiro atoms. The van der Waals surface area contributed by atoms with Crippen LogP contribution in [0.4, 0.5) is 0 Å². The van der Waals surface area contributed by atoms with Crippen molar-refractivity contribution >= 4 is 11.8 Å². The van der Waals surface area contributed by atoms with Gasteiger partial charge in [0.25, 0.3) is 0 Å². The molecule has 4 unspecified atom stereocenters. The number of fused-ring (bicyclic) bond motifs is 3. The van der Waals surface area contributed by atoms with Crippen molar-refractivity contribution in [2.45, 2.75) is 83.8 Å². The van der Waals surface area contributed by atoms with Crippen molar-refractivity contribution in [3.8, 4) is 0 Å². The van der Waals surface area contributed by atoms with Crippen LogP contribution < -0.4 is 0 Å². The van der Waals surface area contributed by atoms with Gasteiger partial charge in [0.15, 0.2) is 5.78 Å². The second-order valence-electron chi connectivity index (χ2n) is 10.6. The molecule has 6 aliphatic rings. The van der Waals surface area contributed by atoms with Gasteiger partial charge in [-0.2, -0.15) is 0 Å². The summed E-state index contributed by atoms with van der Waals surface area (Å²) in [7, 11) is 0. The van der Waals surface area contributed by atoms with Gasteiger partial charge in [-0.1, -0.05) is 20.8 Å². The summed E-state index contributed by atoms with van der Waals surface area (Å²) in [6.07, 6.45) is 8.48. The zero-order valence-electron chi connectivity index (χ0n) is 16.3. The Hall–Kier alpha value is -0.900. The van der Waals surface area contributed by atoms with E-state index in [1.165, 1.54) is 6.42 Å². The summed E-state index contributed by atoms with van der Waals surface area (Å²) in [5.74, 6) is 0.693. The first-order chi connectivity index (χ1) is 12.2. The minimum Gasteiger partial charge on any atom is -0.481 e. The maximum absolute atomic E-state index is 13.8. The SMILES string of the molecule is CC(C(=O)O)C1CCC2C3CC[C@@H]4C[C@H]5CC[C@]4(C)[C@@]3(O5)C(=O)C[C@]12C. The number of hydrogen-bond acceptors (Lipinski definition) is 3. The first kappa shape index (κ1) is 17.2. The normalized spacial score (nSPS) is 56.0. The molecule has 6 rings (SSSR count). The number of ketones is 1. The van der Waals surface area contributed by atoms with E-state index in [0.29, 0.717) is 30.0 Å². The molecule has 1 N–H and O–H groups in total. The lowest BCUT2D eigenvalue weighted by Gasteiger charge is -2.70. The molecular formula is C22H32O4. The van der Waals surface area contributed by atoms with Crippen LogP contribution in [0, 0.1) is 40.4 Å². The molecule has 4 bridgehead atoms. The van der Waals surface area contributed by atoms with Crippen molar-refractivity contribution < 1.29 is 19.4 Å². The van der Waals surface area contributed by atoms with Gasteiger partial charge in [-0.3, -0.25) is 9.59 Å². The fraction of sp³-hybridized carbons (Fsp3) is 0.909. The first-order valence-electron chi connectivity index (χ1n) is 10.7. The lowest BCUT2D eigenvalue weighted by Crippen LogP contribution is -2.75. The topological polar surface area (TPSA) is 63.6 Å². The van der Waals surface area contributed by atoms with Gasteiger partial charge in [0.05, 0.1) is 12.0 Å². The summed E-state index contributed by atoms with van der Waals surface area (Å²) in [6, 6.07) is 0. The zero-order chi connectivity index (χ0) is 18.5. The second-order valence-corrected chi connectivity index (χ2v) is 10.6. The molecule has 0 aromatic carbocycles. The quantitative estimate of drug-likeness (QED) is 0.806. The summed E-state index contributed by atoms with van der Waals surface area (Å²) < 4.78 is 6.69. The van der Waals surface area contributed by atoms with Gasteiger partial charge in [-0.05, 0) is 74.0 Å². The van der Waals surface area contributed by atoms with Crippen molar-refractivity contribution in [1.29, 1.82) is 0 Å². The van der Waals surface area contributed by atoms with Crippen molar-refractivity contribution in [2.75, 3.05) is 0 Å². The largest absolute Gasteiger partial charge is 0.481 e. The first-order valence-corrected chi connectivity index (χ1v) is 10.7. The van der Waals surface area contributed by atoms with Crippen molar-refractivity contribution in [3.05, 3.63) is 0 Å². The van der Waals surface area contributed by atoms with Gasteiger partial charge in [0.1, 0.15) is 5.60 Å². The third kappa shape index (κ3) is 1.76. The van der Waals surface area contributed by atoms with Gasteiger partial charge < -0.3 is 9.84 Å².